The smallest absolute Gasteiger partial charge is 0.255 e. The SMILES string of the molecule is Fc1nccnc1NCc1cc(C2CCC2)n[nH]1. The minimum absolute atomic E-state index is 0.164. The van der Waals surface area contributed by atoms with Gasteiger partial charge in [-0.05, 0) is 18.9 Å². The highest BCUT2D eigenvalue weighted by atomic mass is 19.1. The summed E-state index contributed by atoms with van der Waals surface area (Å²) in [6.45, 7) is 0.468. The maximum Gasteiger partial charge on any atom is 0.255 e. The molecule has 0 bridgehead atoms. The van der Waals surface area contributed by atoms with Gasteiger partial charge in [0.25, 0.3) is 5.95 Å². The third kappa shape index (κ3) is 2.18. The summed E-state index contributed by atoms with van der Waals surface area (Å²) in [4.78, 5) is 7.41. The Labute approximate surface area is 104 Å². The Morgan fingerprint density at radius 2 is 2.17 bits per heavy atom. The van der Waals surface area contributed by atoms with Gasteiger partial charge in [0, 0.05) is 18.3 Å². The summed E-state index contributed by atoms with van der Waals surface area (Å²) >= 11 is 0. The average Bonchev–Trinajstić information content (AvgIpc) is 2.74. The second kappa shape index (κ2) is 4.72. The highest BCUT2D eigenvalue weighted by molar-refractivity contribution is 5.32. The second-order valence-electron chi connectivity index (χ2n) is 4.50. The Kier molecular flexibility index (Phi) is 2.92. The van der Waals surface area contributed by atoms with Crippen molar-refractivity contribution < 1.29 is 4.39 Å². The van der Waals surface area contributed by atoms with Crippen LogP contribution in [-0.2, 0) is 6.54 Å². The van der Waals surface area contributed by atoms with Crippen LogP contribution in [-0.4, -0.2) is 20.2 Å². The van der Waals surface area contributed by atoms with Crippen LogP contribution in [0.25, 0.3) is 0 Å². The van der Waals surface area contributed by atoms with Crippen LogP contribution >= 0.6 is 0 Å². The van der Waals surface area contributed by atoms with Crippen molar-refractivity contribution in [2.45, 2.75) is 31.7 Å². The molecule has 94 valence electrons. The zero-order chi connectivity index (χ0) is 12.4. The molecule has 0 atom stereocenters. The summed E-state index contributed by atoms with van der Waals surface area (Å²) in [7, 11) is 0. The van der Waals surface area contributed by atoms with E-state index >= 15 is 0 Å². The van der Waals surface area contributed by atoms with Gasteiger partial charge in [0.05, 0.1) is 17.9 Å². The van der Waals surface area contributed by atoms with E-state index < -0.39 is 5.95 Å². The van der Waals surface area contributed by atoms with Gasteiger partial charge < -0.3 is 5.32 Å². The topological polar surface area (TPSA) is 66.5 Å². The van der Waals surface area contributed by atoms with Gasteiger partial charge in [-0.3, -0.25) is 5.10 Å². The summed E-state index contributed by atoms with van der Waals surface area (Å²) in [5.41, 5.74) is 2.04. The van der Waals surface area contributed by atoms with E-state index in [0.29, 0.717) is 12.5 Å². The van der Waals surface area contributed by atoms with Crippen molar-refractivity contribution in [2.24, 2.45) is 0 Å². The van der Waals surface area contributed by atoms with Gasteiger partial charge in [0.1, 0.15) is 0 Å². The molecular weight excluding hydrogens is 233 g/mol. The van der Waals surface area contributed by atoms with Crippen LogP contribution in [0.3, 0.4) is 0 Å². The van der Waals surface area contributed by atoms with Crippen LogP contribution in [0.2, 0.25) is 0 Å². The molecule has 1 aliphatic carbocycles. The van der Waals surface area contributed by atoms with Crippen molar-refractivity contribution in [3.05, 3.63) is 35.8 Å². The molecule has 0 aliphatic heterocycles. The molecule has 18 heavy (non-hydrogen) atoms. The standard InChI is InChI=1S/C12H14FN5/c13-11-12(15-5-4-14-11)16-7-9-6-10(18-17-9)8-2-1-3-8/h4-6,8H,1-3,7H2,(H,15,16)(H,17,18). The molecule has 2 aromatic heterocycles. The van der Waals surface area contributed by atoms with E-state index in [4.69, 9.17) is 0 Å². The zero-order valence-electron chi connectivity index (χ0n) is 9.86. The largest absolute Gasteiger partial charge is 0.361 e. The highest BCUT2D eigenvalue weighted by Gasteiger charge is 2.21. The Balaban J connectivity index is 1.63. The number of rotatable bonds is 4. The molecule has 3 rings (SSSR count). The fourth-order valence-electron chi connectivity index (χ4n) is 2.00. The van der Waals surface area contributed by atoms with E-state index in [1.54, 1.807) is 0 Å². The summed E-state index contributed by atoms with van der Waals surface area (Å²) in [5, 5.41) is 10.1. The lowest BCUT2D eigenvalue weighted by atomic mass is 9.83. The molecule has 0 unspecified atom stereocenters. The molecule has 1 fully saturated rings. The Bertz CT molecular complexity index is 535. The molecule has 1 aliphatic rings. The van der Waals surface area contributed by atoms with E-state index in [1.165, 1.54) is 31.7 Å². The number of aromatic nitrogens is 4. The van der Waals surface area contributed by atoms with E-state index in [0.717, 1.165) is 11.4 Å². The second-order valence-corrected chi connectivity index (χ2v) is 4.50. The summed E-state index contributed by atoms with van der Waals surface area (Å²) < 4.78 is 13.2. The molecule has 0 amide bonds. The molecule has 2 heterocycles. The predicted octanol–water partition coefficient (Wildman–Crippen LogP) is 2.22. The molecular formula is C12H14FN5. The average molecular weight is 247 g/mol. The fraction of sp³-hybridized carbons (Fsp3) is 0.417. The quantitative estimate of drug-likeness (QED) is 0.869. The number of nitrogens with one attached hydrogen (secondary N) is 2. The first-order chi connectivity index (χ1) is 8.83. The van der Waals surface area contributed by atoms with Crippen LogP contribution in [0.5, 0.6) is 0 Å². The molecule has 2 N–H and O–H groups in total. The maximum atomic E-state index is 13.2. The first-order valence-electron chi connectivity index (χ1n) is 6.07. The number of hydrogen-bond donors (Lipinski definition) is 2. The maximum absolute atomic E-state index is 13.2. The third-order valence-electron chi connectivity index (χ3n) is 3.27. The minimum Gasteiger partial charge on any atom is -0.361 e. The molecule has 0 radical (unpaired) electrons. The van der Waals surface area contributed by atoms with Crippen LogP contribution in [0.4, 0.5) is 10.2 Å². The van der Waals surface area contributed by atoms with E-state index in [1.807, 2.05) is 6.07 Å². The highest BCUT2D eigenvalue weighted by Crippen LogP contribution is 2.35. The van der Waals surface area contributed by atoms with Gasteiger partial charge in [-0.15, -0.1) is 0 Å². The van der Waals surface area contributed by atoms with Crippen molar-refractivity contribution in [1.82, 2.24) is 20.2 Å². The monoisotopic (exact) mass is 247 g/mol. The van der Waals surface area contributed by atoms with E-state index in [2.05, 4.69) is 25.5 Å². The summed E-state index contributed by atoms with van der Waals surface area (Å²) in [6, 6.07) is 2.03. The summed E-state index contributed by atoms with van der Waals surface area (Å²) in [5.74, 6) is 0.178. The van der Waals surface area contributed by atoms with Crippen LogP contribution in [0.15, 0.2) is 18.5 Å². The molecule has 1 saturated carbocycles. The first kappa shape index (κ1) is 11.1. The van der Waals surface area contributed by atoms with Crippen LogP contribution in [0, 0.1) is 5.95 Å². The van der Waals surface area contributed by atoms with Gasteiger partial charge in [-0.25, -0.2) is 9.97 Å². The Hall–Kier alpha value is -1.98. The van der Waals surface area contributed by atoms with Gasteiger partial charge >= 0.3 is 0 Å². The first-order valence-corrected chi connectivity index (χ1v) is 6.07. The number of anilines is 1. The van der Waals surface area contributed by atoms with E-state index in [-0.39, 0.29) is 5.82 Å². The van der Waals surface area contributed by atoms with Gasteiger partial charge in [-0.2, -0.15) is 9.49 Å². The van der Waals surface area contributed by atoms with Crippen molar-refractivity contribution in [3.8, 4) is 0 Å². The zero-order valence-corrected chi connectivity index (χ0v) is 9.86. The number of nitrogens with zero attached hydrogens (tertiary/aromatic N) is 3. The van der Waals surface area contributed by atoms with Crippen LogP contribution < -0.4 is 5.32 Å². The molecule has 6 heteroatoms. The Morgan fingerprint density at radius 1 is 1.33 bits per heavy atom. The summed E-state index contributed by atoms with van der Waals surface area (Å²) in [6.07, 6.45) is 6.51. The fourth-order valence-corrected chi connectivity index (χ4v) is 2.00. The van der Waals surface area contributed by atoms with Crippen molar-refractivity contribution >= 4 is 5.82 Å². The van der Waals surface area contributed by atoms with Gasteiger partial charge in [0.2, 0.25) is 0 Å². The van der Waals surface area contributed by atoms with Gasteiger partial charge in [-0.1, -0.05) is 6.42 Å². The van der Waals surface area contributed by atoms with Gasteiger partial charge in [0.15, 0.2) is 5.82 Å². The van der Waals surface area contributed by atoms with E-state index in [9.17, 15) is 4.39 Å². The number of H-pyrrole nitrogens is 1. The molecule has 0 aromatic carbocycles. The number of aromatic amines is 1. The normalized spacial score (nSPS) is 15.4. The lowest BCUT2D eigenvalue weighted by Gasteiger charge is -2.22. The lowest BCUT2D eigenvalue weighted by molar-refractivity contribution is 0.410. The predicted molar refractivity (Wildman–Crippen MR) is 64.5 cm³/mol. The third-order valence-corrected chi connectivity index (χ3v) is 3.27. The molecule has 0 saturated heterocycles. The Morgan fingerprint density at radius 3 is 2.89 bits per heavy atom. The minimum atomic E-state index is -0.587. The van der Waals surface area contributed by atoms with Crippen molar-refractivity contribution in [1.29, 1.82) is 0 Å². The lowest BCUT2D eigenvalue weighted by Crippen LogP contribution is -2.08. The number of halogens is 1. The van der Waals surface area contributed by atoms with Crippen molar-refractivity contribution in [3.63, 3.8) is 0 Å². The van der Waals surface area contributed by atoms with Crippen LogP contribution in [0.1, 0.15) is 36.6 Å². The molecule has 0 spiro atoms. The molecule has 5 nitrogen and oxygen atoms in total. The van der Waals surface area contributed by atoms with Crippen molar-refractivity contribution in [2.75, 3.05) is 5.32 Å². The number of hydrogen-bond acceptors (Lipinski definition) is 4. The molecule has 2 aromatic rings.